The fourth-order valence-corrected chi connectivity index (χ4v) is 1.15. The monoisotopic (exact) mass is 202 g/mol. The Labute approximate surface area is 88.8 Å². The zero-order valence-corrected chi connectivity index (χ0v) is 10.2. The lowest BCUT2D eigenvalue weighted by molar-refractivity contribution is 0.123. The average Bonchev–Trinajstić information content (AvgIpc) is 2.08. The van der Waals surface area contributed by atoms with Crippen molar-refractivity contribution in [2.24, 2.45) is 0 Å². The van der Waals surface area contributed by atoms with Crippen LogP contribution in [0.2, 0.25) is 0 Å². The molecule has 0 amide bonds. The minimum absolute atomic E-state index is 0.587. The van der Waals surface area contributed by atoms with Gasteiger partial charge in [-0.2, -0.15) is 0 Å². The molecular formula is C11H26N2O. The zero-order chi connectivity index (χ0) is 10.8. The molecule has 0 saturated heterocycles. The van der Waals surface area contributed by atoms with Gasteiger partial charge < -0.3 is 15.0 Å². The lowest BCUT2D eigenvalue weighted by Gasteiger charge is -2.10. The maximum atomic E-state index is 5.50. The minimum Gasteiger partial charge on any atom is -0.381 e. The first-order valence-electron chi connectivity index (χ1n) is 5.58. The van der Waals surface area contributed by atoms with E-state index >= 15 is 0 Å². The molecule has 1 N–H and O–H groups in total. The predicted molar refractivity (Wildman–Crippen MR) is 61.7 cm³/mol. The Morgan fingerprint density at radius 3 is 2.36 bits per heavy atom. The largest absolute Gasteiger partial charge is 0.381 e. The molecule has 0 bridgehead atoms. The summed E-state index contributed by atoms with van der Waals surface area (Å²) >= 11 is 0. The Morgan fingerprint density at radius 2 is 1.79 bits per heavy atom. The second kappa shape index (κ2) is 9.44. The van der Waals surface area contributed by atoms with Crippen molar-refractivity contribution in [1.29, 1.82) is 0 Å². The van der Waals surface area contributed by atoms with Gasteiger partial charge in [0.1, 0.15) is 0 Å². The lowest BCUT2D eigenvalue weighted by atomic mass is 10.3. The van der Waals surface area contributed by atoms with Gasteiger partial charge in [0.2, 0.25) is 0 Å². The summed E-state index contributed by atoms with van der Waals surface area (Å²) in [6, 6.07) is 0.587. The van der Waals surface area contributed by atoms with Crippen molar-refractivity contribution in [3.63, 3.8) is 0 Å². The van der Waals surface area contributed by atoms with E-state index in [9.17, 15) is 0 Å². The van der Waals surface area contributed by atoms with Gasteiger partial charge in [-0.15, -0.1) is 0 Å². The van der Waals surface area contributed by atoms with Crippen LogP contribution in [0.4, 0.5) is 0 Å². The Bertz CT molecular complexity index is 102. The summed E-state index contributed by atoms with van der Waals surface area (Å²) in [5, 5.41) is 3.37. The van der Waals surface area contributed by atoms with Crippen molar-refractivity contribution in [2.75, 3.05) is 40.4 Å². The number of ether oxygens (including phenoxy) is 1. The number of rotatable bonds is 9. The van der Waals surface area contributed by atoms with Gasteiger partial charge in [-0.05, 0) is 40.0 Å². The van der Waals surface area contributed by atoms with Gasteiger partial charge in [-0.1, -0.05) is 13.8 Å². The van der Waals surface area contributed by atoms with Gasteiger partial charge in [-0.25, -0.2) is 0 Å². The van der Waals surface area contributed by atoms with Crippen LogP contribution in [0.25, 0.3) is 0 Å². The van der Waals surface area contributed by atoms with Crippen LogP contribution in [0.1, 0.15) is 26.7 Å². The molecule has 0 aromatic rings. The van der Waals surface area contributed by atoms with E-state index in [0.29, 0.717) is 6.04 Å². The summed E-state index contributed by atoms with van der Waals surface area (Å²) in [6.45, 7) is 8.28. The van der Waals surface area contributed by atoms with E-state index in [2.05, 4.69) is 38.2 Å². The third-order valence-electron chi connectivity index (χ3n) is 1.91. The van der Waals surface area contributed by atoms with Crippen molar-refractivity contribution >= 4 is 0 Å². The summed E-state index contributed by atoms with van der Waals surface area (Å²) in [5.74, 6) is 0. The first kappa shape index (κ1) is 13.9. The highest BCUT2D eigenvalue weighted by Gasteiger charge is 1.93. The van der Waals surface area contributed by atoms with E-state index in [1.807, 2.05) is 0 Å². The van der Waals surface area contributed by atoms with Crippen LogP contribution in [0.3, 0.4) is 0 Å². The van der Waals surface area contributed by atoms with Crippen LogP contribution in [0, 0.1) is 0 Å². The van der Waals surface area contributed by atoms with Crippen molar-refractivity contribution < 1.29 is 4.74 Å². The topological polar surface area (TPSA) is 24.5 Å². The van der Waals surface area contributed by atoms with Gasteiger partial charge in [0.05, 0.1) is 0 Å². The Kier molecular flexibility index (Phi) is 9.35. The van der Waals surface area contributed by atoms with Crippen molar-refractivity contribution in [2.45, 2.75) is 32.7 Å². The van der Waals surface area contributed by atoms with Crippen LogP contribution in [0.5, 0.6) is 0 Å². The average molecular weight is 202 g/mol. The summed E-state index contributed by atoms with van der Waals surface area (Å²) in [6.07, 6.45) is 2.24. The van der Waals surface area contributed by atoms with Crippen LogP contribution in [0.15, 0.2) is 0 Å². The van der Waals surface area contributed by atoms with Crippen molar-refractivity contribution in [3.8, 4) is 0 Å². The van der Waals surface area contributed by atoms with Gasteiger partial charge in [0.15, 0.2) is 0 Å². The highest BCUT2D eigenvalue weighted by atomic mass is 16.5. The van der Waals surface area contributed by atoms with Crippen LogP contribution in [-0.2, 0) is 4.74 Å². The molecule has 0 radical (unpaired) electrons. The second-order valence-corrected chi connectivity index (χ2v) is 4.23. The molecule has 0 aromatic heterocycles. The Morgan fingerprint density at radius 1 is 1.14 bits per heavy atom. The maximum absolute atomic E-state index is 5.50. The van der Waals surface area contributed by atoms with Crippen LogP contribution in [-0.4, -0.2) is 51.3 Å². The zero-order valence-electron chi connectivity index (χ0n) is 10.2. The number of hydrogen-bond acceptors (Lipinski definition) is 3. The third kappa shape index (κ3) is 11.9. The molecule has 0 aliphatic rings. The van der Waals surface area contributed by atoms with Crippen molar-refractivity contribution in [3.05, 3.63) is 0 Å². The molecule has 0 heterocycles. The summed E-state index contributed by atoms with van der Waals surface area (Å²) in [7, 11) is 4.18. The number of nitrogens with zero attached hydrogens (tertiary/aromatic N) is 1. The van der Waals surface area contributed by atoms with E-state index < -0.39 is 0 Å². The first-order valence-corrected chi connectivity index (χ1v) is 5.58. The lowest BCUT2D eigenvalue weighted by Crippen LogP contribution is -2.24. The standard InChI is InChI=1S/C11H26N2O/c1-11(2)12-7-5-9-14-10-6-8-13(3)4/h11-12H,5-10H2,1-4H3. The fourth-order valence-electron chi connectivity index (χ4n) is 1.15. The molecule has 3 heteroatoms. The quantitative estimate of drug-likeness (QED) is 0.571. The minimum atomic E-state index is 0.587. The highest BCUT2D eigenvalue weighted by Crippen LogP contribution is 1.88. The normalized spacial score (nSPS) is 11.6. The number of nitrogens with one attached hydrogen (secondary N) is 1. The molecule has 14 heavy (non-hydrogen) atoms. The van der Waals surface area contributed by atoms with E-state index in [1.54, 1.807) is 0 Å². The number of hydrogen-bond donors (Lipinski definition) is 1. The molecule has 0 spiro atoms. The van der Waals surface area contributed by atoms with Crippen LogP contribution < -0.4 is 5.32 Å². The predicted octanol–water partition coefficient (Wildman–Crippen LogP) is 1.34. The molecule has 0 atom stereocenters. The van der Waals surface area contributed by atoms with Gasteiger partial charge in [0.25, 0.3) is 0 Å². The molecule has 0 aliphatic carbocycles. The summed E-state index contributed by atoms with van der Waals surface area (Å²) < 4.78 is 5.50. The molecule has 0 aromatic carbocycles. The highest BCUT2D eigenvalue weighted by molar-refractivity contribution is 4.52. The molecular weight excluding hydrogens is 176 g/mol. The van der Waals surface area contributed by atoms with Gasteiger partial charge >= 0.3 is 0 Å². The van der Waals surface area contributed by atoms with E-state index in [-0.39, 0.29) is 0 Å². The molecule has 0 rings (SSSR count). The van der Waals surface area contributed by atoms with Gasteiger partial charge in [0, 0.05) is 19.3 Å². The smallest absolute Gasteiger partial charge is 0.0478 e. The van der Waals surface area contributed by atoms with Crippen molar-refractivity contribution in [1.82, 2.24) is 10.2 Å². The molecule has 0 saturated carbocycles. The second-order valence-electron chi connectivity index (χ2n) is 4.23. The molecule has 86 valence electrons. The SMILES string of the molecule is CC(C)NCCCOCCCN(C)C. The summed E-state index contributed by atoms with van der Waals surface area (Å²) in [5.41, 5.74) is 0. The molecule has 0 fully saturated rings. The summed E-state index contributed by atoms with van der Waals surface area (Å²) in [4.78, 5) is 2.18. The maximum Gasteiger partial charge on any atom is 0.0478 e. The van der Waals surface area contributed by atoms with Gasteiger partial charge in [-0.3, -0.25) is 0 Å². The third-order valence-corrected chi connectivity index (χ3v) is 1.91. The molecule has 0 aliphatic heterocycles. The van der Waals surface area contributed by atoms with E-state index in [0.717, 1.165) is 39.1 Å². The Balaban J connectivity index is 2.92. The van der Waals surface area contributed by atoms with E-state index in [4.69, 9.17) is 4.74 Å². The Hall–Kier alpha value is -0.120. The first-order chi connectivity index (χ1) is 6.63. The molecule has 3 nitrogen and oxygen atoms in total. The fraction of sp³-hybridized carbons (Fsp3) is 1.00. The molecule has 0 unspecified atom stereocenters. The van der Waals surface area contributed by atoms with E-state index in [1.165, 1.54) is 0 Å². The van der Waals surface area contributed by atoms with Crippen LogP contribution >= 0.6 is 0 Å².